The fourth-order valence-electron chi connectivity index (χ4n) is 2.37. The van der Waals surface area contributed by atoms with Crippen molar-refractivity contribution in [3.8, 4) is 0 Å². The van der Waals surface area contributed by atoms with Crippen LogP contribution in [0.15, 0.2) is 24.3 Å². The summed E-state index contributed by atoms with van der Waals surface area (Å²) in [6.45, 7) is 5.50. The molecule has 0 radical (unpaired) electrons. The minimum absolute atomic E-state index is 0.0494. The van der Waals surface area contributed by atoms with E-state index >= 15 is 0 Å². The third kappa shape index (κ3) is 3.59. The quantitative estimate of drug-likeness (QED) is 0.744. The number of benzene rings is 1. The Kier molecular flexibility index (Phi) is 4.59. The SMILES string of the molecule is CC1(C)C(=O)NCCN1CC(=O)Nc1cccc(CN)c1. The zero-order valence-corrected chi connectivity index (χ0v) is 12.5. The molecule has 114 valence electrons. The topological polar surface area (TPSA) is 87.5 Å². The van der Waals surface area contributed by atoms with Crippen LogP contribution in [0.5, 0.6) is 0 Å². The Balaban J connectivity index is 1.99. The highest BCUT2D eigenvalue weighted by molar-refractivity contribution is 5.93. The fourth-order valence-corrected chi connectivity index (χ4v) is 2.37. The molecule has 2 rings (SSSR count). The van der Waals surface area contributed by atoms with Crippen LogP contribution in [0.3, 0.4) is 0 Å². The first kappa shape index (κ1) is 15.5. The number of hydrogen-bond donors (Lipinski definition) is 3. The second-order valence-electron chi connectivity index (χ2n) is 5.69. The first-order valence-electron chi connectivity index (χ1n) is 7.05. The van der Waals surface area contributed by atoms with E-state index in [9.17, 15) is 9.59 Å². The number of anilines is 1. The molecule has 1 heterocycles. The predicted octanol–water partition coefficient (Wildman–Crippen LogP) is 0.294. The molecule has 0 bridgehead atoms. The van der Waals surface area contributed by atoms with Crippen LogP contribution in [-0.4, -0.2) is 41.9 Å². The molecule has 1 aliphatic rings. The monoisotopic (exact) mass is 290 g/mol. The Morgan fingerprint density at radius 2 is 2.24 bits per heavy atom. The molecule has 2 amide bonds. The van der Waals surface area contributed by atoms with Crippen molar-refractivity contribution < 1.29 is 9.59 Å². The molecule has 0 aromatic heterocycles. The van der Waals surface area contributed by atoms with Gasteiger partial charge in [0.05, 0.1) is 12.1 Å². The molecule has 21 heavy (non-hydrogen) atoms. The lowest BCUT2D eigenvalue weighted by molar-refractivity contribution is -0.136. The average molecular weight is 290 g/mol. The van der Waals surface area contributed by atoms with E-state index in [0.29, 0.717) is 19.6 Å². The summed E-state index contributed by atoms with van der Waals surface area (Å²) in [6, 6.07) is 7.45. The van der Waals surface area contributed by atoms with Gasteiger partial charge in [-0.3, -0.25) is 14.5 Å². The highest BCUT2D eigenvalue weighted by Crippen LogP contribution is 2.17. The molecule has 1 saturated heterocycles. The van der Waals surface area contributed by atoms with Gasteiger partial charge in [0, 0.05) is 25.3 Å². The number of carbonyl (C=O) groups excluding carboxylic acids is 2. The molecule has 1 aromatic rings. The normalized spacial score (nSPS) is 18.1. The van der Waals surface area contributed by atoms with Crippen molar-refractivity contribution >= 4 is 17.5 Å². The van der Waals surface area contributed by atoms with Gasteiger partial charge in [-0.15, -0.1) is 0 Å². The van der Waals surface area contributed by atoms with E-state index in [4.69, 9.17) is 5.73 Å². The number of hydrogen-bond acceptors (Lipinski definition) is 4. The Morgan fingerprint density at radius 3 is 2.95 bits per heavy atom. The van der Waals surface area contributed by atoms with Crippen LogP contribution in [0.25, 0.3) is 0 Å². The number of nitrogens with zero attached hydrogens (tertiary/aromatic N) is 1. The van der Waals surface area contributed by atoms with Gasteiger partial charge in [-0.25, -0.2) is 0 Å². The van der Waals surface area contributed by atoms with Crippen molar-refractivity contribution in [2.24, 2.45) is 5.73 Å². The molecular weight excluding hydrogens is 268 g/mol. The molecule has 1 fully saturated rings. The Labute approximate surface area is 124 Å². The third-order valence-corrected chi connectivity index (χ3v) is 3.79. The van der Waals surface area contributed by atoms with Crippen molar-refractivity contribution in [2.75, 3.05) is 25.0 Å². The van der Waals surface area contributed by atoms with Gasteiger partial charge in [0.15, 0.2) is 0 Å². The van der Waals surface area contributed by atoms with Gasteiger partial charge >= 0.3 is 0 Å². The van der Waals surface area contributed by atoms with Gasteiger partial charge in [0.1, 0.15) is 0 Å². The summed E-state index contributed by atoms with van der Waals surface area (Å²) in [4.78, 5) is 25.9. The second-order valence-corrected chi connectivity index (χ2v) is 5.69. The van der Waals surface area contributed by atoms with Crippen LogP contribution in [0.4, 0.5) is 5.69 Å². The van der Waals surface area contributed by atoms with Crippen molar-refractivity contribution in [1.82, 2.24) is 10.2 Å². The van der Waals surface area contributed by atoms with E-state index in [2.05, 4.69) is 10.6 Å². The van der Waals surface area contributed by atoms with Gasteiger partial charge in [0.2, 0.25) is 11.8 Å². The molecule has 0 unspecified atom stereocenters. The number of piperazine rings is 1. The Hall–Kier alpha value is -1.92. The summed E-state index contributed by atoms with van der Waals surface area (Å²) in [5, 5.41) is 5.66. The molecule has 6 heteroatoms. The predicted molar refractivity (Wildman–Crippen MR) is 81.6 cm³/mol. The zero-order chi connectivity index (χ0) is 15.5. The maximum Gasteiger partial charge on any atom is 0.240 e. The molecule has 4 N–H and O–H groups in total. The lowest BCUT2D eigenvalue weighted by Crippen LogP contribution is -2.62. The van der Waals surface area contributed by atoms with Crippen LogP contribution in [0, 0.1) is 0 Å². The molecule has 0 saturated carbocycles. The van der Waals surface area contributed by atoms with E-state index in [1.807, 2.05) is 43.0 Å². The average Bonchev–Trinajstić information content (AvgIpc) is 2.44. The van der Waals surface area contributed by atoms with Crippen molar-refractivity contribution in [1.29, 1.82) is 0 Å². The zero-order valence-electron chi connectivity index (χ0n) is 12.5. The Morgan fingerprint density at radius 1 is 1.48 bits per heavy atom. The second kappa shape index (κ2) is 6.24. The number of carbonyl (C=O) groups is 2. The summed E-state index contributed by atoms with van der Waals surface area (Å²) in [5.74, 6) is -0.182. The molecule has 1 aromatic carbocycles. The van der Waals surface area contributed by atoms with Crippen LogP contribution in [-0.2, 0) is 16.1 Å². The van der Waals surface area contributed by atoms with Gasteiger partial charge in [0.25, 0.3) is 0 Å². The highest BCUT2D eigenvalue weighted by Gasteiger charge is 2.38. The summed E-state index contributed by atoms with van der Waals surface area (Å²) >= 11 is 0. The molecular formula is C15H22N4O2. The third-order valence-electron chi connectivity index (χ3n) is 3.79. The number of amides is 2. The van der Waals surface area contributed by atoms with Crippen molar-refractivity contribution in [3.63, 3.8) is 0 Å². The van der Waals surface area contributed by atoms with Crippen LogP contribution in [0.1, 0.15) is 19.4 Å². The smallest absolute Gasteiger partial charge is 0.240 e. The first-order chi connectivity index (χ1) is 9.93. The maximum absolute atomic E-state index is 12.2. The number of nitrogens with two attached hydrogens (primary N) is 1. The van der Waals surface area contributed by atoms with E-state index in [-0.39, 0.29) is 18.4 Å². The van der Waals surface area contributed by atoms with Crippen LogP contribution < -0.4 is 16.4 Å². The van der Waals surface area contributed by atoms with Crippen LogP contribution in [0.2, 0.25) is 0 Å². The number of nitrogens with one attached hydrogen (secondary N) is 2. The first-order valence-corrected chi connectivity index (χ1v) is 7.05. The maximum atomic E-state index is 12.2. The number of rotatable bonds is 4. The molecule has 1 aliphatic heterocycles. The molecule has 0 spiro atoms. The minimum atomic E-state index is -0.672. The minimum Gasteiger partial charge on any atom is -0.353 e. The van der Waals surface area contributed by atoms with E-state index in [1.165, 1.54) is 0 Å². The van der Waals surface area contributed by atoms with Gasteiger partial charge < -0.3 is 16.4 Å². The van der Waals surface area contributed by atoms with Gasteiger partial charge in [-0.1, -0.05) is 12.1 Å². The summed E-state index contributed by atoms with van der Waals surface area (Å²) in [6.07, 6.45) is 0. The van der Waals surface area contributed by atoms with Crippen LogP contribution >= 0.6 is 0 Å². The lowest BCUT2D eigenvalue weighted by Gasteiger charge is -2.40. The summed E-state index contributed by atoms with van der Waals surface area (Å²) in [5.41, 5.74) is 6.60. The van der Waals surface area contributed by atoms with Gasteiger partial charge in [-0.05, 0) is 31.5 Å². The van der Waals surface area contributed by atoms with E-state index in [1.54, 1.807) is 0 Å². The molecule has 0 atom stereocenters. The lowest BCUT2D eigenvalue weighted by atomic mass is 9.99. The standard InChI is InChI=1S/C15H22N4O2/c1-15(2)14(21)17-6-7-19(15)10-13(20)18-12-5-3-4-11(8-12)9-16/h3-5,8H,6-7,9-10,16H2,1-2H3,(H,17,21)(H,18,20). The molecule has 6 nitrogen and oxygen atoms in total. The largest absolute Gasteiger partial charge is 0.353 e. The van der Waals surface area contributed by atoms with Crippen molar-refractivity contribution in [3.05, 3.63) is 29.8 Å². The van der Waals surface area contributed by atoms with E-state index in [0.717, 1.165) is 11.3 Å². The molecule has 0 aliphatic carbocycles. The summed E-state index contributed by atoms with van der Waals surface area (Å²) < 4.78 is 0. The highest BCUT2D eigenvalue weighted by atomic mass is 16.2. The van der Waals surface area contributed by atoms with E-state index < -0.39 is 5.54 Å². The fraction of sp³-hybridized carbons (Fsp3) is 0.467. The van der Waals surface area contributed by atoms with Gasteiger partial charge in [-0.2, -0.15) is 0 Å². The summed E-state index contributed by atoms with van der Waals surface area (Å²) in [7, 11) is 0. The Bertz CT molecular complexity index is 542. The van der Waals surface area contributed by atoms with Crippen molar-refractivity contribution in [2.45, 2.75) is 25.9 Å².